The van der Waals surface area contributed by atoms with E-state index in [1.165, 1.54) is 24.3 Å². The van der Waals surface area contributed by atoms with E-state index in [-0.39, 0.29) is 11.7 Å². The van der Waals surface area contributed by atoms with Crippen LogP contribution in [0.1, 0.15) is 29.8 Å². The van der Waals surface area contributed by atoms with E-state index in [0.717, 1.165) is 5.56 Å². The maximum atomic E-state index is 12.1. The molecule has 0 unspecified atom stereocenters. The molecule has 0 spiro atoms. The molecular formula is C17H19N3O4. The number of carboxylic acids is 1. The minimum absolute atomic E-state index is 0.0673. The molecule has 0 radical (unpaired) electrons. The molecule has 0 saturated carbocycles. The number of aromatic carboxylic acids is 1. The number of carbonyl (C=O) groups is 2. The van der Waals surface area contributed by atoms with Crippen LogP contribution in [0.15, 0.2) is 36.7 Å². The van der Waals surface area contributed by atoms with Crippen molar-refractivity contribution in [2.45, 2.75) is 20.0 Å². The molecule has 2 rings (SSSR count). The first-order chi connectivity index (χ1) is 11.3. The van der Waals surface area contributed by atoms with Crippen LogP contribution in [0.2, 0.25) is 0 Å². The molecule has 0 aliphatic rings. The largest absolute Gasteiger partial charge is 0.489 e. The van der Waals surface area contributed by atoms with E-state index >= 15 is 0 Å². The lowest BCUT2D eigenvalue weighted by Gasteiger charge is -2.15. The van der Waals surface area contributed by atoms with Gasteiger partial charge in [0.2, 0.25) is 5.91 Å². The Hall–Kier alpha value is -3.09. The SMILES string of the molecule is CC(C)Oc1ccc(C(=O)O)cc1NC(=O)/C=C/c1cnn(C)c1. The third kappa shape index (κ3) is 4.70. The molecule has 1 amide bonds. The summed E-state index contributed by atoms with van der Waals surface area (Å²) in [5.74, 6) is -1.05. The van der Waals surface area contributed by atoms with Gasteiger partial charge < -0.3 is 15.2 Å². The van der Waals surface area contributed by atoms with Crippen molar-refractivity contribution in [2.75, 3.05) is 5.32 Å². The Balaban J connectivity index is 2.19. The van der Waals surface area contributed by atoms with Gasteiger partial charge in [-0.05, 0) is 38.1 Å². The molecule has 1 aromatic heterocycles. The maximum absolute atomic E-state index is 12.1. The fourth-order valence-electron chi connectivity index (χ4n) is 1.99. The van der Waals surface area contributed by atoms with Crippen molar-refractivity contribution in [3.05, 3.63) is 47.8 Å². The fourth-order valence-corrected chi connectivity index (χ4v) is 1.99. The van der Waals surface area contributed by atoms with Crippen LogP contribution < -0.4 is 10.1 Å². The molecule has 1 heterocycles. The fraction of sp³-hybridized carbons (Fsp3) is 0.235. The van der Waals surface area contributed by atoms with E-state index < -0.39 is 11.9 Å². The maximum Gasteiger partial charge on any atom is 0.335 e. The van der Waals surface area contributed by atoms with Crippen molar-refractivity contribution >= 4 is 23.6 Å². The monoisotopic (exact) mass is 329 g/mol. The minimum Gasteiger partial charge on any atom is -0.489 e. The van der Waals surface area contributed by atoms with E-state index in [0.29, 0.717) is 11.4 Å². The average molecular weight is 329 g/mol. The number of aromatic nitrogens is 2. The summed E-state index contributed by atoms with van der Waals surface area (Å²) < 4.78 is 7.23. The summed E-state index contributed by atoms with van der Waals surface area (Å²) in [6.07, 6.45) is 6.25. The van der Waals surface area contributed by atoms with Gasteiger partial charge in [-0.1, -0.05) is 0 Å². The van der Waals surface area contributed by atoms with Crippen LogP contribution in [0.5, 0.6) is 5.75 Å². The van der Waals surface area contributed by atoms with Crippen LogP contribution in [-0.4, -0.2) is 32.9 Å². The van der Waals surface area contributed by atoms with Crippen molar-refractivity contribution in [1.29, 1.82) is 0 Å². The summed E-state index contributed by atoms with van der Waals surface area (Å²) in [5.41, 5.74) is 1.16. The van der Waals surface area contributed by atoms with Gasteiger partial charge in [-0.25, -0.2) is 4.79 Å². The number of hydrogen-bond acceptors (Lipinski definition) is 4. The van der Waals surface area contributed by atoms with Crippen LogP contribution in [0.4, 0.5) is 5.69 Å². The number of hydrogen-bond donors (Lipinski definition) is 2. The lowest BCUT2D eigenvalue weighted by Crippen LogP contribution is -2.13. The molecule has 0 atom stereocenters. The summed E-state index contributed by atoms with van der Waals surface area (Å²) in [6, 6.07) is 4.33. The van der Waals surface area contributed by atoms with Gasteiger partial charge >= 0.3 is 5.97 Å². The number of ether oxygens (including phenoxy) is 1. The summed E-state index contributed by atoms with van der Waals surface area (Å²) >= 11 is 0. The van der Waals surface area contributed by atoms with E-state index in [1.54, 1.807) is 30.2 Å². The van der Waals surface area contributed by atoms with E-state index in [2.05, 4.69) is 10.4 Å². The molecule has 0 bridgehead atoms. The van der Waals surface area contributed by atoms with Crippen LogP contribution in [0.25, 0.3) is 6.08 Å². The number of rotatable bonds is 6. The Morgan fingerprint density at radius 1 is 1.38 bits per heavy atom. The molecule has 2 aromatic rings. The van der Waals surface area contributed by atoms with Crippen molar-refractivity contribution < 1.29 is 19.4 Å². The molecule has 2 N–H and O–H groups in total. The van der Waals surface area contributed by atoms with Gasteiger partial charge in [-0.15, -0.1) is 0 Å². The molecule has 1 aromatic carbocycles. The Labute approximate surface area is 139 Å². The topological polar surface area (TPSA) is 93.4 Å². The van der Waals surface area contributed by atoms with E-state index in [1.807, 2.05) is 13.8 Å². The summed E-state index contributed by atoms with van der Waals surface area (Å²) in [7, 11) is 1.78. The lowest BCUT2D eigenvalue weighted by atomic mass is 10.2. The molecular weight excluding hydrogens is 310 g/mol. The van der Waals surface area contributed by atoms with E-state index in [4.69, 9.17) is 9.84 Å². The molecule has 24 heavy (non-hydrogen) atoms. The number of nitrogens with zero attached hydrogens (tertiary/aromatic N) is 2. The Morgan fingerprint density at radius 2 is 2.12 bits per heavy atom. The highest BCUT2D eigenvalue weighted by Gasteiger charge is 2.12. The zero-order valence-corrected chi connectivity index (χ0v) is 13.7. The van der Waals surface area contributed by atoms with Gasteiger partial charge in [0, 0.05) is 24.9 Å². The molecule has 7 heteroatoms. The zero-order valence-electron chi connectivity index (χ0n) is 13.7. The molecule has 126 valence electrons. The van der Waals surface area contributed by atoms with Crippen molar-refractivity contribution in [2.24, 2.45) is 7.05 Å². The first-order valence-electron chi connectivity index (χ1n) is 7.37. The first-order valence-corrected chi connectivity index (χ1v) is 7.37. The number of anilines is 1. The number of amides is 1. The van der Waals surface area contributed by atoms with Crippen LogP contribution in [-0.2, 0) is 11.8 Å². The predicted octanol–water partition coefficient (Wildman–Crippen LogP) is 2.56. The van der Waals surface area contributed by atoms with Gasteiger partial charge in [0.1, 0.15) is 5.75 Å². The third-order valence-electron chi connectivity index (χ3n) is 3.00. The van der Waals surface area contributed by atoms with Crippen LogP contribution in [0.3, 0.4) is 0 Å². The van der Waals surface area contributed by atoms with Gasteiger partial charge in [-0.2, -0.15) is 5.10 Å². The number of carbonyl (C=O) groups excluding carboxylic acids is 1. The van der Waals surface area contributed by atoms with Gasteiger partial charge in [0.05, 0.1) is 23.6 Å². The number of carboxylic acid groups (broad SMARTS) is 1. The Bertz CT molecular complexity index is 778. The van der Waals surface area contributed by atoms with Gasteiger partial charge in [0.25, 0.3) is 0 Å². The average Bonchev–Trinajstić information content (AvgIpc) is 2.92. The van der Waals surface area contributed by atoms with Crippen LogP contribution in [0, 0.1) is 0 Å². The molecule has 0 aliphatic carbocycles. The van der Waals surface area contributed by atoms with E-state index in [9.17, 15) is 9.59 Å². The second kappa shape index (κ2) is 7.45. The Kier molecular flexibility index (Phi) is 5.36. The second-order valence-corrected chi connectivity index (χ2v) is 5.45. The highest BCUT2D eigenvalue weighted by atomic mass is 16.5. The predicted molar refractivity (Wildman–Crippen MR) is 90.0 cm³/mol. The molecule has 0 fully saturated rings. The normalized spacial score (nSPS) is 11.0. The molecule has 0 saturated heterocycles. The summed E-state index contributed by atoms with van der Waals surface area (Å²) in [4.78, 5) is 23.2. The molecule has 7 nitrogen and oxygen atoms in total. The van der Waals surface area contributed by atoms with Crippen molar-refractivity contribution in [1.82, 2.24) is 9.78 Å². The Morgan fingerprint density at radius 3 is 2.71 bits per heavy atom. The number of aryl methyl sites for hydroxylation is 1. The lowest BCUT2D eigenvalue weighted by molar-refractivity contribution is -0.111. The smallest absolute Gasteiger partial charge is 0.335 e. The second-order valence-electron chi connectivity index (χ2n) is 5.45. The first kappa shape index (κ1) is 17.3. The zero-order chi connectivity index (χ0) is 17.7. The van der Waals surface area contributed by atoms with Gasteiger partial charge in [0.15, 0.2) is 0 Å². The quantitative estimate of drug-likeness (QED) is 0.794. The standard InChI is InChI=1S/C17H19N3O4/c1-11(2)24-15-6-5-13(17(22)23)8-14(15)19-16(21)7-4-12-9-18-20(3)10-12/h4-11H,1-3H3,(H,19,21)(H,22,23)/b7-4+. The minimum atomic E-state index is -1.08. The highest BCUT2D eigenvalue weighted by molar-refractivity contribution is 6.03. The summed E-state index contributed by atoms with van der Waals surface area (Å²) in [5, 5.41) is 15.7. The summed E-state index contributed by atoms with van der Waals surface area (Å²) in [6.45, 7) is 3.69. The third-order valence-corrected chi connectivity index (χ3v) is 3.00. The molecule has 0 aliphatic heterocycles. The van der Waals surface area contributed by atoms with Crippen LogP contribution >= 0.6 is 0 Å². The van der Waals surface area contributed by atoms with Crippen molar-refractivity contribution in [3.63, 3.8) is 0 Å². The number of nitrogens with one attached hydrogen (secondary N) is 1. The van der Waals surface area contributed by atoms with Crippen molar-refractivity contribution in [3.8, 4) is 5.75 Å². The highest BCUT2D eigenvalue weighted by Crippen LogP contribution is 2.27. The number of benzene rings is 1. The van der Waals surface area contributed by atoms with Gasteiger partial charge in [-0.3, -0.25) is 9.48 Å².